The zero-order valence-corrected chi connectivity index (χ0v) is 22.8. The molecule has 2 nitrogen and oxygen atoms in total. The van der Waals surface area contributed by atoms with Crippen LogP contribution in [-0.2, 0) is 9.59 Å². The van der Waals surface area contributed by atoms with E-state index in [1.807, 2.05) is 23.5 Å². The van der Waals surface area contributed by atoms with Crippen molar-refractivity contribution in [2.24, 2.45) is 0 Å². The average molecular weight is 505 g/mol. The van der Waals surface area contributed by atoms with Crippen LogP contribution in [-0.4, -0.2) is 11.6 Å². The molecule has 0 bridgehead atoms. The van der Waals surface area contributed by atoms with Crippen LogP contribution < -0.4 is 0 Å². The van der Waals surface area contributed by atoms with E-state index in [-0.39, 0.29) is 11.6 Å². The molecular weight excluding hydrogens is 473 g/mol. The van der Waals surface area contributed by atoms with Crippen molar-refractivity contribution in [3.63, 3.8) is 0 Å². The maximum Gasteiger partial charge on any atom is 0.202 e. The molecule has 2 heterocycles. The van der Waals surface area contributed by atoms with Gasteiger partial charge in [-0.25, -0.2) is 0 Å². The highest BCUT2D eigenvalue weighted by Gasteiger charge is 2.28. The third-order valence-corrected chi connectivity index (χ3v) is 10.5. The van der Waals surface area contributed by atoms with Gasteiger partial charge in [0.15, 0.2) is 0 Å². The van der Waals surface area contributed by atoms with Crippen molar-refractivity contribution in [2.75, 3.05) is 0 Å². The molecule has 0 amide bonds. The first kappa shape index (κ1) is 27.3. The van der Waals surface area contributed by atoms with Crippen molar-refractivity contribution in [3.05, 3.63) is 28.1 Å². The molecule has 0 saturated carbocycles. The highest BCUT2D eigenvalue weighted by atomic mass is 32.2. The number of carbonyl (C=O) groups excluding carboxylic acids is 2. The minimum Gasteiger partial charge on any atom is -0.285 e. The molecule has 172 valence electrons. The number of hydrogen-bond acceptors (Lipinski definition) is 6. The molecule has 0 fully saturated rings. The van der Waals surface area contributed by atoms with Gasteiger partial charge >= 0.3 is 0 Å². The molecule has 0 aliphatic carbocycles. The van der Waals surface area contributed by atoms with E-state index in [4.69, 9.17) is 0 Å². The van der Waals surface area contributed by atoms with Gasteiger partial charge in [0.25, 0.3) is 0 Å². The van der Waals surface area contributed by atoms with Gasteiger partial charge in [0.2, 0.25) is 11.6 Å². The Morgan fingerprint density at radius 3 is 1.41 bits per heavy atom. The van der Waals surface area contributed by atoms with Gasteiger partial charge in [-0.3, -0.25) is 9.59 Å². The summed E-state index contributed by atoms with van der Waals surface area (Å²) in [5.74, 6) is 10.9. The molecule has 32 heavy (non-hydrogen) atoms. The lowest BCUT2D eigenvalue weighted by atomic mass is 10.1. The van der Waals surface area contributed by atoms with Gasteiger partial charge in [-0.2, -0.15) is 0 Å². The fraction of sp³-hybridized carbons (Fsp3) is 0.538. The number of allylic oxidation sites excluding steroid dienone is 4. The summed E-state index contributed by atoms with van der Waals surface area (Å²) in [6.07, 6.45) is 12.5. The van der Waals surface area contributed by atoms with Gasteiger partial charge in [-0.15, -0.1) is 0 Å². The zero-order valence-electron chi connectivity index (χ0n) is 19.5. The summed E-state index contributed by atoms with van der Waals surface area (Å²) in [4.78, 5) is 27.4. The van der Waals surface area contributed by atoms with Gasteiger partial charge in [0.05, 0.1) is 18.3 Å². The predicted molar refractivity (Wildman–Crippen MR) is 146 cm³/mol. The first-order chi connectivity index (χ1) is 15.4. The topological polar surface area (TPSA) is 34.1 Å². The van der Waals surface area contributed by atoms with Gasteiger partial charge in [0.1, 0.15) is 0 Å². The molecule has 0 atom stereocenters. The van der Waals surface area contributed by atoms with Crippen molar-refractivity contribution < 1.29 is 9.59 Å². The minimum absolute atomic E-state index is 0.168. The molecule has 0 radical (unpaired) electrons. The molecule has 0 saturated heterocycles. The molecule has 6 heteroatoms. The van der Waals surface area contributed by atoms with E-state index in [2.05, 4.69) is 37.5 Å². The maximum absolute atomic E-state index is 11.4. The molecule has 0 aromatic rings. The van der Waals surface area contributed by atoms with Gasteiger partial charge < -0.3 is 0 Å². The van der Waals surface area contributed by atoms with Gasteiger partial charge in [-0.1, -0.05) is 99.4 Å². The highest BCUT2D eigenvalue weighted by molar-refractivity contribution is 8.34. The summed E-state index contributed by atoms with van der Waals surface area (Å²) < 4.78 is 2.48. The summed E-state index contributed by atoms with van der Waals surface area (Å²) in [7, 11) is 0. The summed E-state index contributed by atoms with van der Waals surface area (Å²) in [6.45, 7) is 7.43. The van der Waals surface area contributed by atoms with Crippen molar-refractivity contribution >= 4 is 58.6 Å². The number of thioether (sulfide) groups is 4. The Bertz CT molecular complexity index is 860. The standard InChI is InChI=1S/C26H32O2S4/c1-5-7-9-11-13-21-22(14-12-10-8-6-2)30-25(29-21)26-31-23(17-15-19(3)27)24(32-26)18-16-20(4)28/h5-14H2,1-4H3. The van der Waals surface area contributed by atoms with Crippen LogP contribution in [0.25, 0.3) is 0 Å². The molecule has 2 aliphatic heterocycles. The third kappa shape index (κ3) is 9.52. The Hall–Kier alpha value is -0.920. The molecule has 0 N–H and O–H groups in total. The van der Waals surface area contributed by atoms with Crippen LogP contribution in [0.3, 0.4) is 0 Å². The Balaban J connectivity index is 2.18. The summed E-state index contributed by atoms with van der Waals surface area (Å²) in [5, 5.41) is 0. The summed E-state index contributed by atoms with van der Waals surface area (Å²) in [5.41, 5.74) is 0. The summed E-state index contributed by atoms with van der Waals surface area (Å²) in [6, 6.07) is 0. The lowest BCUT2D eigenvalue weighted by Gasteiger charge is -2.05. The second-order valence-electron chi connectivity index (χ2n) is 7.72. The van der Waals surface area contributed by atoms with E-state index in [0.717, 1.165) is 22.7 Å². The van der Waals surface area contributed by atoms with E-state index in [0.29, 0.717) is 0 Å². The van der Waals surface area contributed by atoms with E-state index >= 15 is 0 Å². The lowest BCUT2D eigenvalue weighted by molar-refractivity contribution is -0.112. The predicted octanol–water partition coefficient (Wildman–Crippen LogP) is 8.62. The number of ketones is 2. The fourth-order valence-electron chi connectivity index (χ4n) is 3.08. The van der Waals surface area contributed by atoms with Crippen LogP contribution in [0, 0.1) is 23.7 Å². The fourth-order valence-corrected chi connectivity index (χ4v) is 8.59. The Labute approximate surface area is 211 Å². The van der Waals surface area contributed by atoms with Crippen LogP contribution in [0.2, 0.25) is 0 Å². The van der Waals surface area contributed by atoms with Crippen molar-refractivity contribution in [3.8, 4) is 23.7 Å². The molecule has 2 aliphatic rings. The molecule has 0 aromatic heterocycles. The largest absolute Gasteiger partial charge is 0.285 e. The number of carbonyl (C=O) groups is 2. The minimum atomic E-state index is -0.168. The van der Waals surface area contributed by atoms with E-state index in [1.54, 1.807) is 23.5 Å². The second kappa shape index (κ2) is 15.1. The van der Waals surface area contributed by atoms with Crippen molar-refractivity contribution in [2.45, 2.75) is 91.9 Å². The molecule has 2 rings (SSSR count). The number of Topliss-reactive ketones (excluding diaryl/α,β-unsaturated/α-hetero) is 2. The Kier molecular flexibility index (Phi) is 12.9. The smallest absolute Gasteiger partial charge is 0.202 e. The van der Waals surface area contributed by atoms with Gasteiger partial charge in [0, 0.05) is 23.7 Å². The molecular formula is C26H32O2S4. The van der Waals surface area contributed by atoms with Gasteiger partial charge in [-0.05, 0) is 49.4 Å². The Morgan fingerprint density at radius 1 is 0.625 bits per heavy atom. The van der Waals surface area contributed by atoms with Crippen LogP contribution in [0.15, 0.2) is 28.1 Å². The van der Waals surface area contributed by atoms with E-state index in [9.17, 15) is 9.59 Å². The maximum atomic E-state index is 11.4. The first-order valence-corrected chi connectivity index (χ1v) is 14.7. The molecule has 0 spiro atoms. The SMILES string of the molecule is CCCCCCC1=C(CCCCCC)SC(=C2SC(C#CC(C)=O)=C(C#CC(C)=O)S2)S1. The van der Waals surface area contributed by atoms with Crippen LogP contribution in [0.1, 0.15) is 91.9 Å². The first-order valence-electron chi connectivity index (χ1n) is 11.4. The van der Waals surface area contributed by atoms with Crippen molar-refractivity contribution in [1.29, 1.82) is 0 Å². The average Bonchev–Trinajstić information content (AvgIpc) is 3.35. The van der Waals surface area contributed by atoms with E-state index in [1.165, 1.54) is 83.5 Å². The third-order valence-electron chi connectivity index (χ3n) is 4.72. The van der Waals surface area contributed by atoms with Crippen LogP contribution in [0.4, 0.5) is 0 Å². The number of rotatable bonds is 10. The van der Waals surface area contributed by atoms with Crippen LogP contribution >= 0.6 is 47.0 Å². The van der Waals surface area contributed by atoms with Crippen LogP contribution in [0.5, 0.6) is 0 Å². The Morgan fingerprint density at radius 2 is 1.03 bits per heavy atom. The van der Waals surface area contributed by atoms with E-state index < -0.39 is 0 Å². The molecule has 0 aromatic carbocycles. The zero-order chi connectivity index (χ0) is 23.3. The second-order valence-corrected chi connectivity index (χ2v) is 12.5. The normalized spacial score (nSPS) is 15.6. The monoisotopic (exact) mass is 504 g/mol. The van der Waals surface area contributed by atoms with Crippen molar-refractivity contribution in [1.82, 2.24) is 0 Å². The highest BCUT2D eigenvalue weighted by Crippen LogP contribution is 2.61. The number of unbranched alkanes of at least 4 members (excludes halogenated alkanes) is 6. The lowest BCUT2D eigenvalue weighted by Crippen LogP contribution is -1.84. The molecule has 0 unspecified atom stereocenters. The summed E-state index contributed by atoms with van der Waals surface area (Å²) >= 11 is 7.01. The quantitative estimate of drug-likeness (QED) is 0.168. The number of hydrogen-bond donors (Lipinski definition) is 0.